The van der Waals surface area contributed by atoms with Crippen molar-refractivity contribution in [3.05, 3.63) is 118 Å². The minimum Gasteiger partial charge on any atom is -0.494 e. The number of imide groups is 1. The lowest BCUT2D eigenvalue weighted by Gasteiger charge is -2.27. The van der Waals surface area contributed by atoms with Crippen LogP contribution in [-0.2, 0) is 16.1 Å². The van der Waals surface area contributed by atoms with Gasteiger partial charge in [-0.25, -0.2) is 9.07 Å². The summed E-state index contributed by atoms with van der Waals surface area (Å²) in [5, 5.41) is 14.9. The zero-order chi connectivity index (χ0) is 28.4. The second kappa shape index (κ2) is 11.0. The number of hydrogen-bond acceptors (Lipinski definition) is 5. The van der Waals surface area contributed by atoms with Gasteiger partial charge in [0.25, 0.3) is 11.8 Å². The molecule has 0 unspecified atom stereocenters. The maximum Gasteiger partial charge on any atom is 0.271 e. The topological polar surface area (TPSA) is 88.2 Å². The van der Waals surface area contributed by atoms with Crippen LogP contribution in [0, 0.1) is 17.1 Å². The first-order valence-electron chi connectivity index (χ1n) is 12.2. The second-order valence-electron chi connectivity index (χ2n) is 9.02. The summed E-state index contributed by atoms with van der Waals surface area (Å²) in [4.78, 5) is 27.9. The molecule has 198 valence electrons. The smallest absolute Gasteiger partial charge is 0.271 e. The number of rotatable bonds is 6. The highest BCUT2D eigenvalue weighted by molar-refractivity contribution is 6.31. The van der Waals surface area contributed by atoms with Crippen LogP contribution in [0.25, 0.3) is 23.0 Å². The summed E-state index contributed by atoms with van der Waals surface area (Å²) in [6.07, 6.45) is 3.28. The van der Waals surface area contributed by atoms with Gasteiger partial charge in [-0.1, -0.05) is 48.0 Å². The first kappa shape index (κ1) is 26.6. The van der Waals surface area contributed by atoms with Gasteiger partial charge < -0.3 is 4.74 Å². The van der Waals surface area contributed by atoms with Gasteiger partial charge in [0, 0.05) is 27.9 Å². The highest BCUT2D eigenvalue weighted by Crippen LogP contribution is 2.33. The van der Waals surface area contributed by atoms with Crippen LogP contribution in [0.15, 0.2) is 95.7 Å². The number of amides is 2. The molecule has 1 aromatic heterocycles. The number of nitrogens with zero attached hydrogens (tertiary/aromatic N) is 4. The molecule has 5 rings (SSSR count). The van der Waals surface area contributed by atoms with Crippen LogP contribution in [0.4, 0.5) is 4.39 Å². The molecule has 0 fully saturated rings. The molecule has 0 spiro atoms. The van der Waals surface area contributed by atoms with Crippen molar-refractivity contribution in [3.63, 3.8) is 0 Å². The van der Waals surface area contributed by atoms with E-state index in [0.717, 1.165) is 10.6 Å². The Bertz CT molecular complexity index is 1750. The predicted molar refractivity (Wildman–Crippen MR) is 149 cm³/mol. The van der Waals surface area contributed by atoms with E-state index in [-0.39, 0.29) is 29.0 Å². The maximum absolute atomic E-state index is 14.7. The average molecular weight is 553 g/mol. The van der Waals surface area contributed by atoms with Gasteiger partial charge in [-0.05, 0) is 60.5 Å². The van der Waals surface area contributed by atoms with E-state index in [1.807, 2.05) is 36.4 Å². The number of carbonyl (C=O) groups excluding carboxylic acids is 2. The lowest BCUT2D eigenvalue weighted by Crippen LogP contribution is -2.42. The van der Waals surface area contributed by atoms with Crippen molar-refractivity contribution in [2.24, 2.45) is 0 Å². The number of methoxy groups -OCH3 is 1. The van der Waals surface area contributed by atoms with Gasteiger partial charge in [0.2, 0.25) is 0 Å². The highest BCUT2D eigenvalue weighted by Gasteiger charge is 2.36. The average Bonchev–Trinajstić information content (AvgIpc) is 3.39. The predicted octanol–water partition coefficient (Wildman–Crippen LogP) is 6.13. The SMILES string of the molecule is COc1ccc(-c2nn(-c3ccccc3)cc2/C=C2/C(=O)N(Cc3ccccc3Cl)C(=O)C(C#N)=C2C)cc1F. The molecular weight excluding hydrogens is 531 g/mol. The third-order valence-electron chi connectivity index (χ3n) is 6.60. The number of benzene rings is 3. The Morgan fingerprint density at radius 3 is 2.45 bits per heavy atom. The molecule has 1 aliphatic rings. The molecule has 0 saturated heterocycles. The molecule has 3 aromatic carbocycles. The van der Waals surface area contributed by atoms with Gasteiger partial charge in [-0.3, -0.25) is 14.5 Å². The van der Waals surface area contributed by atoms with Crippen molar-refractivity contribution in [2.75, 3.05) is 7.11 Å². The lowest BCUT2D eigenvalue weighted by atomic mass is 9.93. The van der Waals surface area contributed by atoms with Crippen LogP contribution < -0.4 is 4.74 Å². The van der Waals surface area contributed by atoms with Gasteiger partial charge >= 0.3 is 0 Å². The molecule has 0 N–H and O–H groups in total. The van der Waals surface area contributed by atoms with E-state index >= 15 is 0 Å². The molecule has 0 radical (unpaired) electrons. The Balaban J connectivity index is 1.67. The highest BCUT2D eigenvalue weighted by atomic mass is 35.5. The van der Waals surface area contributed by atoms with E-state index in [1.165, 1.54) is 19.2 Å². The molecule has 4 aromatic rings. The Hall–Kier alpha value is -5.00. The van der Waals surface area contributed by atoms with E-state index in [1.54, 1.807) is 54.2 Å². The van der Waals surface area contributed by atoms with E-state index in [0.29, 0.717) is 27.4 Å². The Kier molecular flexibility index (Phi) is 7.32. The van der Waals surface area contributed by atoms with Crippen LogP contribution in [0.5, 0.6) is 5.75 Å². The number of halogens is 2. The number of hydrogen-bond donors (Lipinski definition) is 0. The fourth-order valence-electron chi connectivity index (χ4n) is 4.47. The van der Waals surface area contributed by atoms with Crippen molar-refractivity contribution in [2.45, 2.75) is 13.5 Å². The molecule has 0 saturated carbocycles. The van der Waals surface area contributed by atoms with Crippen LogP contribution in [-0.4, -0.2) is 33.6 Å². The summed E-state index contributed by atoms with van der Waals surface area (Å²) in [5.74, 6) is -1.76. The fraction of sp³-hybridized carbons (Fsp3) is 0.0968. The molecule has 1 aliphatic heterocycles. The molecule has 40 heavy (non-hydrogen) atoms. The monoisotopic (exact) mass is 552 g/mol. The van der Waals surface area contributed by atoms with Crippen molar-refractivity contribution in [1.82, 2.24) is 14.7 Å². The lowest BCUT2D eigenvalue weighted by molar-refractivity contribution is -0.141. The number of para-hydroxylation sites is 1. The van der Waals surface area contributed by atoms with Gasteiger partial charge in [0.1, 0.15) is 17.3 Å². The minimum atomic E-state index is -0.695. The molecule has 7 nitrogen and oxygen atoms in total. The number of nitriles is 1. The summed E-state index contributed by atoms with van der Waals surface area (Å²) in [6, 6.07) is 22.6. The van der Waals surface area contributed by atoms with Crippen molar-refractivity contribution >= 4 is 29.5 Å². The number of carbonyl (C=O) groups is 2. The van der Waals surface area contributed by atoms with Gasteiger partial charge in [0.15, 0.2) is 11.6 Å². The summed E-state index contributed by atoms with van der Waals surface area (Å²) in [6.45, 7) is 1.45. The Labute approximate surface area is 235 Å². The molecule has 0 atom stereocenters. The number of ether oxygens (including phenoxy) is 1. The van der Waals surface area contributed by atoms with E-state index in [9.17, 15) is 19.2 Å². The van der Waals surface area contributed by atoms with Crippen LogP contribution in [0.3, 0.4) is 0 Å². The van der Waals surface area contributed by atoms with Crippen molar-refractivity contribution in [3.8, 4) is 28.8 Å². The van der Waals surface area contributed by atoms with Gasteiger partial charge in [-0.2, -0.15) is 10.4 Å². The van der Waals surface area contributed by atoms with Crippen LogP contribution >= 0.6 is 11.6 Å². The van der Waals surface area contributed by atoms with Crippen LogP contribution in [0.2, 0.25) is 5.02 Å². The van der Waals surface area contributed by atoms with Crippen molar-refractivity contribution in [1.29, 1.82) is 5.26 Å². The molecular formula is C31H22ClFN4O3. The second-order valence-corrected chi connectivity index (χ2v) is 9.43. The van der Waals surface area contributed by atoms with Gasteiger partial charge in [0.05, 0.1) is 19.3 Å². The quantitative estimate of drug-likeness (QED) is 0.212. The summed E-state index contributed by atoms with van der Waals surface area (Å²) >= 11 is 6.30. The molecule has 0 aliphatic carbocycles. The van der Waals surface area contributed by atoms with Gasteiger partial charge in [-0.15, -0.1) is 0 Å². The normalized spacial score (nSPS) is 14.6. The van der Waals surface area contributed by atoms with E-state index in [4.69, 9.17) is 16.3 Å². The molecule has 2 amide bonds. The van der Waals surface area contributed by atoms with E-state index < -0.39 is 17.6 Å². The summed E-state index contributed by atoms with van der Waals surface area (Å²) in [5.41, 5.74) is 2.89. The minimum absolute atomic E-state index is 0.0831. The maximum atomic E-state index is 14.7. The fourth-order valence-corrected chi connectivity index (χ4v) is 4.67. The number of aromatic nitrogens is 2. The first-order chi connectivity index (χ1) is 19.3. The summed E-state index contributed by atoms with van der Waals surface area (Å²) in [7, 11) is 1.38. The van der Waals surface area contributed by atoms with E-state index in [2.05, 4.69) is 5.10 Å². The third kappa shape index (κ3) is 4.91. The Morgan fingerprint density at radius 2 is 1.77 bits per heavy atom. The summed E-state index contributed by atoms with van der Waals surface area (Å²) < 4.78 is 21.4. The Morgan fingerprint density at radius 1 is 1.05 bits per heavy atom. The largest absolute Gasteiger partial charge is 0.494 e. The third-order valence-corrected chi connectivity index (χ3v) is 6.97. The zero-order valence-electron chi connectivity index (χ0n) is 21.6. The van der Waals surface area contributed by atoms with Crippen LogP contribution in [0.1, 0.15) is 18.1 Å². The first-order valence-corrected chi connectivity index (χ1v) is 12.6. The molecule has 0 bridgehead atoms. The van der Waals surface area contributed by atoms with Crippen molar-refractivity contribution < 1.29 is 18.7 Å². The molecule has 2 heterocycles. The molecule has 9 heteroatoms. The zero-order valence-corrected chi connectivity index (χ0v) is 22.3. The standard InChI is InChI=1S/C31H22ClFN4O3/c1-19-24(30(38)36(31(39)25(19)16-34)17-21-8-6-7-11-26(21)32)14-22-18-37(23-9-4-3-5-10-23)35-29(22)20-12-13-28(40-2)27(33)15-20/h3-15,18H,17H2,1-2H3/b24-14+.